The summed E-state index contributed by atoms with van der Waals surface area (Å²) in [6, 6.07) is 7.15. The van der Waals surface area contributed by atoms with Gasteiger partial charge in [-0.2, -0.15) is 10.4 Å². The molecule has 0 fully saturated rings. The third-order valence-corrected chi connectivity index (χ3v) is 2.54. The quantitative estimate of drug-likeness (QED) is 0.766. The van der Waals surface area contributed by atoms with Crippen molar-refractivity contribution in [3.63, 3.8) is 0 Å². The van der Waals surface area contributed by atoms with Crippen molar-refractivity contribution in [2.45, 2.75) is 19.8 Å². The van der Waals surface area contributed by atoms with Crippen LogP contribution in [0.4, 0.5) is 0 Å². The fraction of sp³-hybridized carbons (Fsp3) is 0.250. The molecule has 0 amide bonds. The van der Waals surface area contributed by atoms with E-state index in [0.29, 0.717) is 22.5 Å². The summed E-state index contributed by atoms with van der Waals surface area (Å²) in [5, 5.41) is 13.5. The summed E-state index contributed by atoms with van der Waals surface area (Å²) in [4.78, 5) is 4.14. The summed E-state index contributed by atoms with van der Waals surface area (Å²) in [6.45, 7) is 4.14. The van der Waals surface area contributed by atoms with E-state index in [1.165, 1.54) is 6.07 Å². The van der Waals surface area contributed by atoms with Crippen LogP contribution in [0.5, 0.6) is 0 Å². The number of nitrogens with zero attached hydrogens (tertiary/aromatic N) is 4. The van der Waals surface area contributed by atoms with Gasteiger partial charge in [0.2, 0.25) is 0 Å². The maximum Gasteiger partial charge on any atom is 0.156 e. The van der Waals surface area contributed by atoms with Crippen LogP contribution in [0.1, 0.15) is 31.0 Å². The molecule has 2 aromatic rings. The van der Waals surface area contributed by atoms with Crippen LogP contribution >= 0.6 is 11.6 Å². The SMILES string of the molecule is CC(C)c1ccn(-c2cc(C#N)cc(Cl)n2)n1. The Balaban J connectivity index is 2.45. The van der Waals surface area contributed by atoms with E-state index in [1.54, 1.807) is 10.7 Å². The molecule has 0 unspecified atom stereocenters. The van der Waals surface area contributed by atoms with Crippen LogP contribution in [-0.2, 0) is 0 Å². The van der Waals surface area contributed by atoms with Gasteiger partial charge in [0.25, 0.3) is 0 Å². The number of nitriles is 1. The first kappa shape index (κ1) is 11.6. The maximum atomic E-state index is 8.86. The van der Waals surface area contributed by atoms with Crippen molar-refractivity contribution in [3.05, 3.63) is 40.8 Å². The molecule has 0 atom stereocenters. The molecule has 0 spiro atoms. The van der Waals surface area contributed by atoms with Gasteiger partial charge >= 0.3 is 0 Å². The highest BCUT2D eigenvalue weighted by Gasteiger charge is 2.07. The van der Waals surface area contributed by atoms with Crippen molar-refractivity contribution in [1.82, 2.24) is 14.8 Å². The van der Waals surface area contributed by atoms with Gasteiger partial charge in [-0.05, 0) is 18.1 Å². The summed E-state index contributed by atoms with van der Waals surface area (Å²) >= 11 is 5.84. The second kappa shape index (κ2) is 4.56. The lowest BCUT2D eigenvalue weighted by Gasteiger charge is -2.02. The zero-order chi connectivity index (χ0) is 12.4. The van der Waals surface area contributed by atoms with Gasteiger partial charge in [-0.1, -0.05) is 25.4 Å². The molecule has 2 aromatic heterocycles. The second-order valence-corrected chi connectivity index (χ2v) is 4.38. The molecule has 0 saturated carbocycles. The van der Waals surface area contributed by atoms with Crippen LogP contribution in [0.2, 0.25) is 5.15 Å². The van der Waals surface area contributed by atoms with Crippen molar-refractivity contribution in [2.75, 3.05) is 0 Å². The van der Waals surface area contributed by atoms with Crippen molar-refractivity contribution in [3.8, 4) is 11.9 Å². The Hall–Kier alpha value is -1.86. The molecule has 0 aliphatic heterocycles. The highest BCUT2D eigenvalue weighted by atomic mass is 35.5. The fourth-order valence-electron chi connectivity index (χ4n) is 1.44. The van der Waals surface area contributed by atoms with Crippen molar-refractivity contribution in [2.24, 2.45) is 0 Å². The molecule has 0 N–H and O–H groups in total. The van der Waals surface area contributed by atoms with Crippen LogP contribution in [0.15, 0.2) is 24.4 Å². The van der Waals surface area contributed by atoms with Gasteiger partial charge in [-0.25, -0.2) is 9.67 Å². The monoisotopic (exact) mass is 246 g/mol. The van der Waals surface area contributed by atoms with Crippen LogP contribution in [0, 0.1) is 11.3 Å². The van der Waals surface area contributed by atoms with Crippen molar-refractivity contribution < 1.29 is 0 Å². The van der Waals surface area contributed by atoms with Gasteiger partial charge in [0.05, 0.1) is 17.3 Å². The van der Waals surface area contributed by atoms with Crippen LogP contribution < -0.4 is 0 Å². The minimum Gasteiger partial charge on any atom is -0.222 e. The predicted octanol–water partition coefficient (Wildman–Crippen LogP) is 2.92. The second-order valence-electron chi connectivity index (χ2n) is 3.99. The normalized spacial score (nSPS) is 10.5. The Labute approximate surface area is 104 Å². The largest absolute Gasteiger partial charge is 0.222 e. The lowest BCUT2D eigenvalue weighted by Crippen LogP contribution is -2.00. The molecule has 0 aliphatic rings. The zero-order valence-electron chi connectivity index (χ0n) is 9.55. The third-order valence-electron chi connectivity index (χ3n) is 2.35. The van der Waals surface area contributed by atoms with Crippen molar-refractivity contribution >= 4 is 11.6 Å². The number of hydrogen-bond acceptors (Lipinski definition) is 3. The summed E-state index contributed by atoms with van der Waals surface area (Å²) in [6.07, 6.45) is 1.81. The standard InChI is InChI=1S/C12H11ClN4/c1-8(2)10-3-4-17(16-10)12-6-9(7-14)5-11(13)15-12/h3-6,8H,1-2H3. The molecule has 86 valence electrons. The lowest BCUT2D eigenvalue weighted by atomic mass is 10.1. The van der Waals surface area contributed by atoms with E-state index in [9.17, 15) is 0 Å². The number of rotatable bonds is 2. The van der Waals surface area contributed by atoms with E-state index in [2.05, 4.69) is 23.9 Å². The van der Waals surface area contributed by atoms with E-state index in [-0.39, 0.29) is 0 Å². The minimum absolute atomic E-state index is 0.292. The smallest absolute Gasteiger partial charge is 0.156 e. The van der Waals surface area contributed by atoms with Crippen LogP contribution in [0.3, 0.4) is 0 Å². The molecule has 17 heavy (non-hydrogen) atoms. The Bertz CT molecular complexity index is 580. The Morgan fingerprint density at radius 1 is 1.41 bits per heavy atom. The molecular formula is C12H11ClN4. The number of pyridine rings is 1. The van der Waals surface area contributed by atoms with Crippen LogP contribution in [-0.4, -0.2) is 14.8 Å². The highest BCUT2D eigenvalue weighted by Crippen LogP contribution is 2.16. The fourth-order valence-corrected chi connectivity index (χ4v) is 1.64. The topological polar surface area (TPSA) is 54.5 Å². The van der Waals surface area contributed by atoms with Crippen molar-refractivity contribution in [1.29, 1.82) is 5.26 Å². The van der Waals surface area contributed by atoms with E-state index >= 15 is 0 Å². The molecule has 0 bridgehead atoms. The molecule has 4 nitrogen and oxygen atoms in total. The molecule has 2 rings (SSSR count). The van der Waals surface area contributed by atoms with E-state index in [4.69, 9.17) is 16.9 Å². The predicted molar refractivity (Wildman–Crippen MR) is 65.2 cm³/mol. The average molecular weight is 247 g/mol. The highest BCUT2D eigenvalue weighted by molar-refractivity contribution is 6.29. The van der Waals surface area contributed by atoms with E-state index < -0.39 is 0 Å². The molecule has 0 aliphatic carbocycles. The zero-order valence-corrected chi connectivity index (χ0v) is 10.3. The molecule has 0 saturated heterocycles. The third kappa shape index (κ3) is 2.45. The van der Waals surface area contributed by atoms with Gasteiger partial charge in [-0.15, -0.1) is 0 Å². The summed E-state index contributed by atoms with van der Waals surface area (Å²) in [5.74, 6) is 0.909. The molecule has 5 heteroatoms. The maximum absolute atomic E-state index is 8.86. The van der Waals surface area contributed by atoms with Crippen LogP contribution in [0.25, 0.3) is 5.82 Å². The Morgan fingerprint density at radius 2 is 2.18 bits per heavy atom. The summed E-state index contributed by atoms with van der Waals surface area (Å²) in [7, 11) is 0. The first-order valence-electron chi connectivity index (χ1n) is 5.24. The minimum atomic E-state index is 0.292. The number of hydrogen-bond donors (Lipinski definition) is 0. The molecular weight excluding hydrogens is 236 g/mol. The van der Waals surface area contributed by atoms with Gasteiger partial charge in [0.15, 0.2) is 5.82 Å². The van der Waals surface area contributed by atoms with Gasteiger partial charge in [0.1, 0.15) is 5.15 Å². The molecule has 0 radical (unpaired) electrons. The first-order valence-corrected chi connectivity index (χ1v) is 5.61. The summed E-state index contributed by atoms with van der Waals surface area (Å²) in [5.41, 5.74) is 1.45. The molecule has 0 aromatic carbocycles. The van der Waals surface area contributed by atoms with E-state index in [0.717, 1.165) is 5.69 Å². The Kier molecular flexibility index (Phi) is 3.12. The number of aromatic nitrogens is 3. The van der Waals surface area contributed by atoms with E-state index in [1.807, 2.05) is 18.3 Å². The average Bonchev–Trinajstić information content (AvgIpc) is 2.77. The van der Waals surface area contributed by atoms with Gasteiger partial charge in [-0.3, -0.25) is 0 Å². The summed E-state index contributed by atoms with van der Waals surface area (Å²) < 4.78 is 1.63. The van der Waals surface area contributed by atoms with Gasteiger partial charge in [0, 0.05) is 12.3 Å². The van der Waals surface area contributed by atoms with Gasteiger partial charge < -0.3 is 0 Å². The number of halogens is 1. The lowest BCUT2D eigenvalue weighted by molar-refractivity contribution is 0.757. The first-order chi connectivity index (χ1) is 8.10. The Morgan fingerprint density at radius 3 is 2.76 bits per heavy atom. The molecule has 2 heterocycles.